The van der Waals surface area contributed by atoms with Crippen LogP contribution in [0, 0.1) is 27.3 Å². The van der Waals surface area contributed by atoms with Gasteiger partial charge >= 0.3 is 0 Å². The summed E-state index contributed by atoms with van der Waals surface area (Å²) in [5.41, 5.74) is 3.27. The van der Waals surface area contributed by atoms with Crippen LogP contribution in [0.15, 0.2) is 66.7 Å². The van der Waals surface area contributed by atoms with Gasteiger partial charge in [-0.3, -0.25) is 19.8 Å². The molecular weight excluding hydrogens is 447 g/mol. The maximum Gasteiger partial charge on any atom is 0.269 e. The minimum atomic E-state index is -0.497. The number of nitro groups is 1. The van der Waals surface area contributed by atoms with Crippen LogP contribution in [0.5, 0.6) is 0 Å². The van der Waals surface area contributed by atoms with Crippen molar-refractivity contribution in [2.45, 2.75) is 24.8 Å². The molecule has 7 nitrogen and oxygen atoms in total. The summed E-state index contributed by atoms with van der Waals surface area (Å²) in [7, 11) is 0. The van der Waals surface area contributed by atoms with Crippen LogP contribution in [0.2, 0.25) is 0 Å². The number of hydrogen-bond donors (Lipinski definition) is 0. The van der Waals surface area contributed by atoms with Gasteiger partial charge in [-0.05, 0) is 79.5 Å². The lowest BCUT2D eigenvalue weighted by molar-refractivity contribution is -0.384. The van der Waals surface area contributed by atoms with Crippen molar-refractivity contribution in [1.29, 1.82) is 5.26 Å². The summed E-state index contributed by atoms with van der Waals surface area (Å²) in [6, 6.07) is 19.9. The Labute approximate surface area is 202 Å². The van der Waals surface area contributed by atoms with Crippen molar-refractivity contribution >= 4 is 17.3 Å². The predicted molar refractivity (Wildman–Crippen MR) is 129 cm³/mol. The van der Waals surface area contributed by atoms with Crippen molar-refractivity contribution in [2.75, 3.05) is 24.5 Å². The van der Waals surface area contributed by atoms with Gasteiger partial charge in [-0.2, -0.15) is 5.26 Å². The average molecular weight is 471 g/mol. The van der Waals surface area contributed by atoms with E-state index in [1.165, 1.54) is 30.3 Å². The monoisotopic (exact) mass is 470 g/mol. The van der Waals surface area contributed by atoms with Crippen molar-refractivity contribution in [2.24, 2.45) is 0 Å². The van der Waals surface area contributed by atoms with Crippen LogP contribution in [-0.2, 0) is 12.0 Å². The zero-order chi connectivity index (χ0) is 24.6. The van der Waals surface area contributed by atoms with Gasteiger partial charge in [0.15, 0.2) is 0 Å². The maximum atomic E-state index is 14.3. The summed E-state index contributed by atoms with van der Waals surface area (Å²) in [5, 5.41) is 20.0. The van der Waals surface area contributed by atoms with Crippen molar-refractivity contribution in [3.05, 3.63) is 105 Å². The molecule has 0 atom stereocenters. The number of non-ortho nitro benzene ring substituents is 1. The first-order chi connectivity index (χ1) is 16.9. The molecular formula is C27H23FN4O3. The summed E-state index contributed by atoms with van der Waals surface area (Å²) in [6.45, 7) is 2.82. The minimum absolute atomic E-state index is 0.0726. The number of amides is 1. The third-order valence-electron chi connectivity index (χ3n) is 7.15. The molecule has 5 rings (SSSR count). The fraction of sp³-hybridized carbons (Fsp3) is 0.259. The van der Waals surface area contributed by atoms with E-state index in [4.69, 9.17) is 5.26 Å². The van der Waals surface area contributed by atoms with E-state index in [0.29, 0.717) is 23.4 Å². The van der Waals surface area contributed by atoms with Crippen LogP contribution in [0.25, 0.3) is 0 Å². The first-order valence-corrected chi connectivity index (χ1v) is 11.5. The molecule has 8 heteroatoms. The Kier molecular flexibility index (Phi) is 5.79. The van der Waals surface area contributed by atoms with E-state index in [1.54, 1.807) is 17.0 Å². The number of rotatable bonds is 4. The van der Waals surface area contributed by atoms with Gasteiger partial charge in [-0.1, -0.05) is 12.1 Å². The van der Waals surface area contributed by atoms with E-state index in [2.05, 4.69) is 11.0 Å². The second-order valence-electron chi connectivity index (χ2n) is 9.22. The summed E-state index contributed by atoms with van der Waals surface area (Å²) in [4.78, 5) is 27.9. The summed E-state index contributed by atoms with van der Waals surface area (Å²) >= 11 is 0. The third kappa shape index (κ3) is 4.27. The number of piperidine rings is 1. The Morgan fingerprint density at radius 3 is 2.37 bits per heavy atom. The Morgan fingerprint density at radius 1 is 1.06 bits per heavy atom. The number of carbonyl (C=O) groups is 1. The van der Waals surface area contributed by atoms with Crippen molar-refractivity contribution < 1.29 is 14.1 Å². The number of nitro benzene ring substituents is 1. The highest BCUT2D eigenvalue weighted by Crippen LogP contribution is 2.48. The van der Waals surface area contributed by atoms with Gasteiger partial charge in [-0.25, -0.2) is 4.39 Å². The molecule has 1 saturated heterocycles. The van der Waals surface area contributed by atoms with Gasteiger partial charge in [0.05, 0.1) is 16.6 Å². The van der Waals surface area contributed by atoms with Crippen molar-refractivity contribution in [3.63, 3.8) is 0 Å². The number of hydrogen-bond acceptors (Lipinski definition) is 5. The smallest absolute Gasteiger partial charge is 0.269 e. The topological polar surface area (TPSA) is 90.5 Å². The van der Waals surface area contributed by atoms with Gasteiger partial charge in [0.25, 0.3) is 11.6 Å². The summed E-state index contributed by atoms with van der Waals surface area (Å²) in [5.74, 6) is -0.572. The van der Waals surface area contributed by atoms with Gasteiger partial charge in [0.2, 0.25) is 0 Å². The molecule has 1 fully saturated rings. The van der Waals surface area contributed by atoms with Crippen LogP contribution in [0.4, 0.5) is 15.8 Å². The molecule has 0 N–H and O–H groups in total. The van der Waals surface area contributed by atoms with Gasteiger partial charge < -0.3 is 4.90 Å². The number of likely N-dealkylation sites (tertiary alicyclic amines) is 1. The highest BCUT2D eigenvalue weighted by Gasteiger charge is 2.46. The van der Waals surface area contributed by atoms with Crippen LogP contribution in [0.1, 0.15) is 39.9 Å². The van der Waals surface area contributed by atoms with Crippen molar-refractivity contribution in [1.82, 2.24) is 4.90 Å². The molecule has 176 valence electrons. The van der Waals surface area contributed by atoms with E-state index in [0.717, 1.165) is 43.6 Å². The molecule has 2 aliphatic rings. The normalized spacial score (nSPS) is 16.6. The lowest BCUT2D eigenvalue weighted by Crippen LogP contribution is -2.45. The third-order valence-corrected chi connectivity index (χ3v) is 7.15. The molecule has 2 heterocycles. The molecule has 0 aromatic heterocycles. The SMILES string of the molecule is N#Cc1ccc(CN2CCC3(CC2)CN(C(=O)c2ccc([N+](=O)[O-])cc2)c2ccc(F)cc23)cc1. The van der Waals surface area contributed by atoms with E-state index in [1.807, 2.05) is 24.3 Å². The second kappa shape index (κ2) is 8.93. The number of nitriles is 1. The Morgan fingerprint density at radius 2 is 1.74 bits per heavy atom. The first kappa shape index (κ1) is 22.7. The van der Waals surface area contributed by atoms with Crippen LogP contribution in [-0.4, -0.2) is 35.4 Å². The highest BCUT2D eigenvalue weighted by atomic mass is 19.1. The molecule has 3 aromatic rings. The van der Waals surface area contributed by atoms with Crippen LogP contribution >= 0.6 is 0 Å². The number of benzene rings is 3. The largest absolute Gasteiger partial charge is 0.307 e. The number of nitrogens with zero attached hydrogens (tertiary/aromatic N) is 4. The summed E-state index contributed by atoms with van der Waals surface area (Å²) < 4.78 is 14.3. The molecule has 0 saturated carbocycles. The van der Waals surface area contributed by atoms with Gasteiger partial charge in [0.1, 0.15) is 5.82 Å². The zero-order valence-corrected chi connectivity index (χ0v) is 19.0. The van der Waals surface area contributed by atoms with E-state index in [9.17, 15) is 19.3 Å². The van der Waals surface area contributed by atoms with Crippen LogP contribution < -0.4 is 4.90 Å². The molecule has 1 spiro atoms. The molecule has 0 bridgehead atoms. The van der Waals surface area contributed by atoms with E-state index >= 15 is 0 Å². The fourth-order valence-electron chi connectivity index (χ4n) is 5.21. The number of fused-ring (bicyclic) bond motifs is 2. The lowest BCUT2D eigenvalue weighted by Gasteiger charge is -2.40. The molecule has 3 aromatic carbocycles. The zero-order valence-electron chi connectivity index (χ0n) is 19.0. The van der Waals surface area contributed by atoms with Gasteiger partial charge in [-0.15, -0.1) is 0 Å². The second-order valence-corrected chi connectivity index (χ2v) is 9.22. The molecule has 2 aliphatic heterocycles. The maximum absolute atomic E-state index is 14.3. The van der Waals surface area contributed by atoms with Crippen LogP contribution in [0.3, 0.4) is 0 Å². The first-order valence-electron chi connectivity index (χ1n) is 11.5. The summed E-state index contributed by atoms with van der Waals surface area (Å²) in [6.07, 6.45) is 1.56. The minimum Gasteiger partial charge on any atom is -0.307 e. The van der Waals surface area contributed by atoms with Gasteiger partial charge in [0, 0.05) is 41.9 Å². The Bertz CT molecular complexity index is 1320. The van der Waals surface area contributed by atoms with E-state index in [-0.39, 0.29) is 22.8 Å². The standard InChI is InChI=1S/C27H23FN4O3/c28-22-7-10-25-24(15-22)27(18-31(25)26(33)21-5-8-23(9-6-21)32(34)35)11-13-30(14-12-27)17-20-3-1-19(16-29)2-4-20/h1-10,15H,11-14,17-18H2. The lowest BCUT2D eigenvalue weighted by atomic mass is 9.74. The highest BCUT2D eigenvalue weighted by molar-refractivity contribution is 6.07. The fourth-order valence-corrected chi connectivity index (χ4v) is 5.21. The van der Waals surface area contributed by atoms with E-state index < -0.39 is 4.92 Å². The predicted octanol–water partition coefficient (Wildman–Crippen LogP) is 4.80. The van der Waals surface area contributed by atoms with Crippen molar-refractivity contribution in [3.8, 4) is 6.07 Å². The number of halogens is 1. The Hall–Kier alpha value is -4.09. The average Bonchev–Trinajstić information content (AvgIpc) is 3.18. The molecule has 0 aliphatic carbocycles. The molecule has 1 amide bonds. The number of carbonyl (C=O) groups excluding carboxylic acids is 1. The number of anilines is 1. The molecule has 35 heavy (non-hydrogen) atoms. The Balaban J connectivity index is 1.36. The quantitative estimate of drug-likeness (QED) is 0.404. The molecule has 0 unspecified atom stereocenters. The molecule has 0 radical (unpaired) electrons.